The Hall–Kier alpha value is -2.20. The third-order valence-corrected chi connectivity index (χ3v) is 12.4. The van der Waals surface area contributed by atoms with Crippen LogP contribution in [0.3, 0.4) is 0 Å². The number of aliphatic hydroxyl groups is 3. The van der Waals surface area contributed by atoms with E-state index in [1.54, 1.807) is 12.2 Å². The van der Waals surface area contributed by atoms with Crippen LogP contribution in [-0.2, 0) is 42.2 Å². The lowest BCUT2D eigenvalue weighted by Crippen LogP contribution is -2.43. The van der Waals surface area contributed by atoms with Crippen molar-refractivity contribution in [2.24, 2.45) is 11.7 Å². The number of esters is 2. The first-order valence-electron chi connectivity index (χ1n) is 24.8. The molecule has 64 heavy (non-hydrogen) atoms. The number of carboxylic acids is 1. The van der Waals surface area contributed by atoms with Crippen molar-refractivity contribution in [3.05, 3.63) is 24.3 Å². The molecule has 0 aromatic heterocycles. The Balaban J connectivity index is 2.45. The van der Waals surface area contributed by atoms with Gasteiger partial charge in [0.2, 0.25) is 0 Å². The van der Waals surface area contributed by atoms with Crippen molar-refractivity contribution in [2.45, 2.75) is 237 Å². The van der Waals surface area contributed by atoms with Crippen LogP contribution in [0.4, 0.5) is 0 Å². The summed E-state index contributed by atoms with van der Waals surface area (Å²) in [6, 6.07) is -1.57. The lowest BCUT2D eigenvalue weighted by atomic mass is 9.87. The number of carbonyl (C=O) groups is 3. The zero-order chi connectivity index (χ0) is 47.3. The standard InChI is InChI=1S/C48H88NO14P/c1-3-5-7-8-9-10-11-12-13-14-15-16-17-18-19-20-21-22-27-31-45(52)59-36-40(37-60-64(57,58)61-38-42(49)48(55)56)62-46(53)32-28-24-23-26-30-41-43(51)35-47(54)63-44(41)34-33-39(50)29-25-6-4-2/h23,26,33-34,39-44,47,50-51,54H,3-22,24-25,27-32,35-38,49H2,1-2H3,(H,55,56)(H,57,58)/b26-23-,34-33+/t39-,40+,41-,42-,43-,44+,47?/m0/s1. The first kappa shape index (κ1) is 59.8. The summed E-state index contributed by atoms with van der Waals surface area (Å²) < 4.78 is 38.4. The van der Waals surface area contributed by atoms with E-state index in [1.165, 1.54) is 96.3 Å². The van der Waals surface area contributed by atoms with Gasteiger partial charge in [-0.2, -0.15) is 0 Å². The Labute approximate surface area is 384 Å². The first-order chi connectivity index (χ1) is 30.8. The fourth-order valence-corrected chi connectivity index (χ4v) is 8.30. The molecule has 2 unspecified atom stereocenters. The highest BCUT2D eigenvalue weighted by molar-refractivity contribution is 7.47. The molecule has 0 radical (unpaired) electrons. The van der Waals surface area contributed by atoms with E-state index in [0.717, 1.165) is 38.5 Å². The normalized spacial score (nSPS) is 20.3. The molecule has 1 saturated heterocycles. The van der Waals surface area contributed by atoms with Gasteiger partial charge >= 0.3 is 25.7 Å². The van der Waals surface area contributed by atoms with Gasteiger partial charge in [0.05, 0.1) is 31.5 Å². The van der Waals surface area contributed by atoms with Crippen molar-refractivity contribution in [2.75, 3.05) is 19.8 Å². The summed E-state index contributed by atoms with van der Waals surface area (Å²) >= 11 is 0. The average molecular weight is 934 g/mol. The Kier molecular flexibility index (Phi) is 36.3. The van der Waals surface area contributed by atoms with E-state index in [1.807, 2.05) is 12.2 Å². The molecule has 1 rings (SSSR count). The Morgan fingerprint density at radius 3 is 1.80 bits per heavy atom. The van der Waals surface area contributed by atoms with Gasteiger partial charge in [-0.1, -0.05) is 173 Å². The van der Waals surface area contributed by atoms with E-state index in [4.69, 9.17) is 29.6 Å². The van der Waals surface area contributed by atoms with Gasteiger partial charge in [-0.25, -0.2) is 4.57 Å². The summed E-state index contributed by atoms with van der Waals surface area (Å²) in [6.07, 6.45) is 31.4. The highest BCUT2D eigenvalue weighted by Gasteiger charge is 2.35. The molecule has 1 heterocycles. The zero-order valence-electron chi connectivity index (χ0n) is 39.4. The van der Waals surface area contributed by atoms with Gasteiger partial charge in [-0.3, -0.25) is 23.4 Å². The van der Waals surface area contributed by atoms with Crippen LogP contribution >= 0.6 is 7.82 Å². The van der Waals surface area contributed by atoms with Crippen LogP contribution in [0.1, 0.15) is 200 Å². The molecule has 1 aliphatic heterocycles. The number of phosphoric acid groups is 1. The lowest BCUT2D eigenvalue weighted by Gasteiger charge is -2.36. The number of rotatable bonds is 42. The molecule has 8 atom stereocenters. The predicted molar refractivity (Wildman–Crippen MR) is 248 cm³/mol. The topological polar surface area (TPSA) is 242 Å². The number of aliphatic hydroxyl groups excluding tert-OH is 3. The van der Waals surface area contributed by atoms with Gasteiger partial charge in [0, 0.05) is 25.2 Å². The second-order valence-corrected chi connectivity index (χ2v) is 18.9. The molecular formula is C48H88NO14P. The minimum atomic E-state index is -4.80. The van der Waals surface area contributed by atoms with Crippen LogP contribution in [0.5, 0.6) is 0 Å². The average Bonchev–Trinajstić information content (AvgIpc) is 3.25. The van der Waals surface area contributed by atoms with Crippen molar-refractivity contribution >= 4 is 25.7 Å². The van der Waals surface area contributed by atoms with Crippen LogP contribution in [0.15, 0.2) is 24.3 Å². The second kappa shape index (κ2) is 38.9. The second-order valence-electron chi connectivity index (χ2n) is 17.5. The Morgan fingerprint density at radius 1 is 0.719 bits per heavy atom. The van der Waals surface area contributed by atoms with E-state index < -0.39 is 82.3 Å². The molecule has 0 aromatic rings. The zero-order valence-corrected chi connectivity index (χ0v) is 40.3. The summed E-state index contributed by atoms with van der Waals surface area (Å²) in [6.45, 7) is 2.45. The molecule has 1 aliphatic rings. The minimum absolute atomic E-state index is 0.0302. The quantitative estimate of drug-likeness (QED) is 0.0145. The molecule has 0 saturated carbocycles. The molecule has 0 bridgehead atoms. The molecule has 0 spiro atoms. The van der Waals surface area contributed by atoms with E-state index >= 15 is 0 Å². The SMILES string of the molecule is CCCCCCCCCCCCCCCCCCCCCC(=O)OC[C@H](COP(=O)(O)OC[C@H](N)C(=O)O)OC(=O)CCC/C=C\C[C@H]1[C@@H](O)CC(O)O[C@@H]1/C=C/[C@@H](O)CCCCC. The summed E-state index contributed by atoms with van der Waals surface area (Å²) in [4.78, 5) is 46.4. The Morgan fingerprint density at radius 2 is 1.23 bits per heavy atom. The van der Waals surface area contributed by atoms with Gasteiger partial charge in [-0.15, -0.1) is 0 Å². The summed E-state index contributed by atoms with van der Waals surface area (Å²) in [5.74, 6) is -2.95. The van der Waals surface area contributed by atoms with E-state index in [2.05, 4.69) is 18.4 Å². The van der Waals surface area contributed by atoms with Crippen molar-refractivity contribution in [3.8, 4) is 0 Å². The van der Waals surface area contributed by atoms with E-state index in [9.17, 15) is 39.2 Å². The van der Waals surface area contributed by atoms with Gasteiger partial charge in [0.15, 0.2) is 12.4 Å². The fourth-order valence-electron chi connectivity index (χ4n) is 7.52. The summed E-state index contributed by atoms with van der Waals surface area (Å²) in [5, 5.41) is 39.9. The third kappa shape index (κ3) is 33.3. The van der Waals surface area contributed by atoms with Crippen LogP contribution < -0.4 is 5.73 Å². The maximum absolute atomic E-state index is 12.8. The van der Waals surface area contributed by atoms with Gasteiger partial charge in [0.25, 0.3) is 0 Å². The lowest BCUT2D eigenvalue weighted by molar-refractivity contribution is -0.199. The monoisotopic (exact) mass is 934 g/mol. The molecule has 0 amide bonds. The van der Waals surface area contributed by atoms with Gasteiger partial charge in [0.1, 0.15) is 12.6 Å². The number of carbonyl (C=O) groups excluding carboxylic acids is 2. The van der Waals surface area contributed by atoms with E-state index in [0.29, 0.717) is 32.1 Å². The first-order valence-corrected chi connectivity index (χ1v) is 26.3. The van der Waals surface area contributed by atoms with Crippen LogP contribution in [0, 0.1) is 5.92 Å². The number of carboxylic acid groups (broad SMARTS) is 1. The molecule has 7 N–H and O–H groups in total. The van der Waals surface area contributed by atoms with Gasteiger partial charge < -0.3 is 45.3 Å². The summed E-state index contributed by atoms with van der Waals surface area (Å²) in [5.41, 5.74) is 5.34. The highest BCUT2D eigenvalue weighted by Crippen LogP contribution is 2.43. The molecule has 0 aromatic carbocycles. The number of aliphatic carboxylic acids is 1. The minimum Gasteiger partial charge on any atom is -0.480 e. The molecule has 1 fully saturated rings. The smallest absolute Gasteiger partial charge is 0.472 e. The van der Waals surface area contributed by atoms with Crippen molar-refractivity contribution in [3.63, 3.8) is 0 Å². The van der Waals surface area contributed by atoms with Crippen molar-refractivity contribution in [1.29, 1.82) is 0 Å². The van der Waals surface area contributed by atoms with Crippen LogP contribution in [0.2, 0.25) is 0 Å². The molecule has 374 valence electrons. The largest absolute Gasteiger partial charge is 0.480 e. The number of nitrogens with two attached hydrogens (primary N) is 1. The van der Waals surface area contributed by atoms with Crippen LogP contribution in [-0.4, -0.2) is 99.8 Å². The maximum Gasteiger partial charge on any atom is 0.472 e. The maximum atomic E-state index is 12.8. The number of allylic oxidation sites excluding steroid dienone is 2. The molecule has 15 nitrogen and oxygen atoms in total. The number of ether oxygens (including phenoxy) is 3. The highest BCUT2D eigenvalue weighted by atomic mass is 31.2. The van der Waals surface area contributed by atoms with Gasteiger partial charge in [-0.05, 0) is 32.1 Å². The number of unbranched alkanes of at least 4 members (excludes halogenated alkanes) is 21. The molecule has 16 heteroatoms. The van der Waals surface area contributed by atoms with Crippen LogP contribution in [0.25, 0.3) is 0 Å². The third-order valence-electron chi connectivity index (χ3n) is 11.5. The van der Waals surface area contributed by atoms with Crippen molar-refractivity contribution < 1.29 is 67.5 Å². The van der Waals surface area contributed by atoms with E-state index in [-0.39, 0.29) is 25.2 Å². The Bertz CT molecular complexity index is 1300. The molecular weight excluding hydrogens is 845 g/mol. The fraction of sp³-hybridized carbons (Fsp3) is 0.854. The number of phosphoric ester groups is 1. The summed E-state index contributed by atoms with van der Waals surface area (Å²) in [7, 11) is -4.80. The number of hydrogen-bond acceptors (Lipinski definition) is 13. The number of hydrogen-bond donors (Lipinski definition) is 6. The van der Waals surface area contributed by atoms with Crippen molar-refractivity contribution in [1.82, 2.24) is 0 Å². The predicted octanol–water partition coefficient (Wildman–Crippen LogP) is 9.51. The molecule has 0 aliphatic carbocycles.